The van der Waals surface area contributed by atoms with E-state index in [0.29, 0.717) is 19.1 Å². The van der Waals surface area contributed by atoms with Crippen molar-refractivity contribution in [3.8, 4) is 5.75 Å². The minimum absolute atomic E-state index is 0.149. The topological polar surface area (TPSA) is 60.4 Å². The van der Waals surface area contributed by atoms with E-state index in [0.717, 1.165) is 81.6 Å². The molecule has 0 aromatic heterocycles. The first-order valence-corrected chi connectivity index (χ1v) is 12.3. The van der Waals surface area contributed by atoms with Gasteiger partial charge in [-0.1, -0.05) is 12.1 Å². The molecule has 1 amide bonds. The molecule has 2 bridgehead atoms. The number of carbonyl (C=O) groups is 1. The summed E-state index contributed by atoms with van der Waals surface area (Å²) in [5.74, 6) is 1.41. The number of hydrogen-bond acceptors (Lipinski definition) is 5. The molecule has 4 heterocycles. The van der Waals surface area contributed by atoms with Crippen LogP contribution in [0.4, 0.5) is 0 Å². The first-order valence-electron chi connectivity index (χ1n) is 12.3. The van der Waals surface area contributed by atoms with Crippen molar-refractivity contribution in [1.82, 2.24) is 4.90 Å². The molecule has 2 saturated heterocycles. The Kier molecular flexibility index (Phi) is 6.49. The highest BCUT2D eigenvalue weighted by molar-refractivity contribution is 6.07. The van der Waals surface area contributed by atoms with Gasteiger partial charge in [-0.05, 0) is 75.8 Å². The third-order valence-corrected chi connectivity index (χ3v) is 7.29. The summed E-state index contributed by atoms with van der Waals surface area (Å²) < 4.78 is 18.2. The smallest absolute Gasteiger partial charge is 0.275 e. The average Bonchev–Trinajstić information content (AvgIpc) is 3.34. The molecular weight excluding hydrogens is 404 g/mol. The number of piperidine rings is 1. The van der Waals surface area contributed by atoms with Gasteiger partial charge in [0.15, 0.2) is 0 Å². The lowest BCUT2D eigenvalue weighted by molar-refractivity contribution is -0.126. The van der Waals surface area contributed by atoms with Gasteiger partial charge in [0.1, 0.15) is 24.7 Å². The zero-order chi connectivity index (χ0) is 21.9. The largest absolute Gasteiger partial charge is 0.496 e. The van der Waals surface area contributed by atoms with Gasteiger partial charge in [0.2, 0.25) is 0 Å². The third-order valence-electron chi connectivity index (χ3n) is 7.29. The Morgan fingerprint density at radius 3 is 2.75 bits per heavy atom. The predicted molar refractivity (Wildman–Crippen MR) is 123 cm³/mol. The van der Waals surface area contributed by atoms with Crippen molar-refractivity contribution in [2.45, 2.75) is 76.4 Å². The number of aliphatic imine (C=N–C) groups is 1. The number of carbonyl (C=O) groups excluding carboxylic acids is 1. The summed E-state index contributed by atoms with van der Waals surface area (Å²) in [6.45, 7) is 5.10. The quantitative estimate of drug-likeness (QED) is 0.645. The van der Waals surface area contributed by atoms with Gasteiger partial charge in [-0.2, -0.15) is 0 Å². The van der Waals surface area contributed by atoms with Crippen LogP contribution in [0, 0.1) is 6.92 Å². The standard InChI is InChI=1S/C26H34N2O4/c1-18-5-2-7-23-25(18)19-9-11-20(12-10-19)32-17-22-21(6-3-13-28(22)14-16-31-23)27-26(29)24-8-4-15-30-24/h2,5,7,17,19-20,24H,3-4,6,8-16H2,1H3/b22-17-,27-21?/t19?,20?,24-/m0/s1. The van der Waals surface area contributed by atoms with Crippen LogP contribution in [0.1, 0.15) is 68.4 Å². The monoisotopic (exact) mass is 438 g/mol. The highest BCUT2D eigenvalue weighted by atomic mass is 16.5. The van der Waals surface area contributed by atoms with Crippen LogP contribution in [0.15, 0.2) is 35.2 Å². The van der Waals surface area contributed by atoms with Crippen molar-refractivity contribution in [3.05, 3.63) is 41.3 Å². The number of amides is 1. The zero-order valence-electron chi connectivity index (χ0n) is 19.1. The SMILES string of the molecule is Cc1cccc2c1C1CCC(CC1)O/C=C1/C(=NC(=O)[C@@H]3CCCO3)CCCN1CCO2. The summed E-state index contributed by atoms with van der Waals surface area (Å²) >= 11 is 0. The maximum absolute atomic E-state index is 12.7. The van der Waals surface area contributed by atoms with Gasteiger partial charge >= 0.3 is 0 Å². The molecule has 1 aromatic rings. The van der Waals surface area contributed by atoms with Crippen LogP contribution in [0.5, 0.6) is 5.75 Å². The Hall–Kier alpha value is -2.34. The van der Waals surface area contributed by atoms with Crippen LogP contribution < -0.4 is 4.74 Å². The van der Waals surface area contributed by atoms with Gasteiger partial charge < -0.3 is 19.1 Å². The average molecular weight is 439 g/mol. The van der Waals surface area contributed by atoms with E-state index in [2.05, 4.69) is 35.0 Å². The van der Waals surface area contributed by atoms with Crippen molar-refractivity contribution in [1.29, 1.82) is 0 Å². The second-order valence-electron chi connectivity index (χ2n) is 9.44. The molecule has 3 fully saturated rings. The van der Waals surface area contributed by atoms with Crippen molar-refractivity contribution in [3.63, 3.8) is 0 Å². The van der Waals surface area contributed by atoms with Gasteiger partial charge in [-0.15, -0.1) is 0 Å². The molecule has 0 N–H and O–H groups in total. The highest BCUT2D eigenvalue weighted by Gasteiger charge is 2.30. The molecule has 32 heavy (non-hydrogen) atoms. The number of aryl methyl sites for hydroxylation is 1. The van der Waals surface area contributed by atoms with Crippen molar-refractivity contribution < 1.29 is 19.0 Å². The van der Waals surface area contributed by atoms with E-state index in [1.165, 1.54) is 11.1 Å². The lowest BCUT2D eigenvalue weighted by atomic mass is 9.80. The normalized spacial score (nSPS) is 31.2. The minimum atomic E-state index is -0.382. The van der Waals surface area contributed by atoms with Crippen molar-refractivity contribution in [2.24, 2.45) is 4.99 Å². The molecule has 6 nitrogen and oxygen atoms in total. The van der Waals surface area contributed by atoms with Crippen LogP contribution in [-0.4, -0.2) is 55.0 Å². The van der Waals surface area contributed by atoms with Crippen LogP contribution in [0.3, 0.4) is 0 Å². The van der Waals surface area contributed by atoms with Crippen LogP contribution in [0.25, 0.3) is 0 Å². The Morgan fingerprint density at radius 2 is 1.94 bits per heavy atom. The molecule has 6 heteroatoms. The van der Waals surface area contributed by atoms with Gasteiger partial charge in [0.25, 0.3) is 5.91 Å². The molecule has 4 aliphatic heterocycles. The number of rotatable bonds is 1. The van der Waals surface area contributed by atoms with Crippen molar-refractivity contribution in [2.75, 3.05) is 26.3 Å². The molecule has 172 valence electrons. The van der Waals surface area contributed by atoms with E-state index >= 15 is 0 Å². The maximum Gasteiger partial charge on any atom is 0.275 e. The molecule has 5 aliphatic rings. The predicted octanol–water partition coefficient (Wildman–Crippen LogP) is 4.51. The van der Waals surface area contributed by atoms with E-state index in [-0.39, 0.29) is 18.1 Å². The molecule has 1 atom stereocenters. The Bertz CT molecular complexity index is 895. The summed E-state index contributed by atoms with van der Waals surface area (Å²) in [4.78, 5) is 19.5. The molecule has 0 spiro atoms. The Balaban J connectivity index is 1.41. The summed E-state index contributed by atoms with van der Waals surface area (Å²) in [6.07, 6.45) is 9.45. The number of hydrogen-bond donors (Lipinski definition) is 0. The van der Waals surface area contributed by atoms with E-state index in [1.807, 2.05) is 6.26 Å². The van der Waals surface area contributed by atoms with Gasteiger partial charge in [-0.25, -0.2) is 4.99 Å². The number of fused-ring (bicyclic) bond motifs is 5. The fraction of sp³-hybridized carbons (Fsp3) is 0.615. The van der Waals surface area contributed by atoms with Crippen LogP contribution in [-0.2, 0) is 14.3 Å². The summed E-state index contributed by atoms with van der Waals surface area (Å²) in [5, 5.41) is 0. The summed E-state index contributed by atoms with van der Waals surface area (Å²) in [5.41, 5.74) is 4.47. The number of benzene rings is 1. The Labute approximate surface area is 190 Å². The second-order valence-corrected chi connectivity index (χ2v) is 9.44. The lowest BCUT2D eigenvalue weighted by Crippen LogP contribution is -2.37. The van der Waals surface area contributed by atoms with Crippen LogP contribution >= 0.6 is 0 Å². The zero-order valence-corrected chi connectivity index (χ0v) is 19.1. The van der Waals surface area contributed by atoms with Crippen molar-refractivity contribution >= 4 is 11.6 Å². The molecule has 0 unspecified atom stereocenters. The molecule has 1 aromatic carbocycles. The van der Waals surface area contributed by atoms with Gasteiger partial charge in [-0.3, -0.25) is 4.79 Å². The van der Waals surface area contributed by atoms with E-state index in [9.17, 15) is 4.79 Å². The molecule has 1 aliphatic carbocycles. The number of ether oxygens (including phenoxy) is 3. The number of nitrogens with zero attached hydrogens (tertiary/aromatic N) is 2. The first-order chi connectivity index (χ1) is 15.7. The number of allylic oxidation sites excluding steroid dienone is 1. The summed E-state index contributed by atoms with van der Waals surface area (Å²) in [7, 11) is 0. The fourth-order valence-corrected chi connectivity index (χ4v) is 5.55. The lowest BCUT2D eigenvalue weighted by Gasteiger charge is -2.33. The molecule has 0 radical (unpaired) electrons. The van der Waals surface area contributed by atoms with E-state index in [1.54, 1.807) is 0 Å². The molecular formula is C26H34N2O4. The molecule has 1 saturated carbocycles. The third kappa shape index (κ3) is 4.56. The van der Waals surface area contributed by atoms with E-state index in [4.69, 9.17) is 14.2 Å². The summed E-state index contributed by atoms with van der Waals surface area (Å²) in [6, 6.07) is 6.40. The van der Waals surface area contributed by atoms with Gasteiger partial charge in [0, 0.05) is 18.7 Å². The first kappa shape index (κ1) is 21.5. The fourth-order valence-electron chi connectivity index (χ4n) is 5.55. The Morgan fingerprint density at radius 1 is 1.06 bits per heavy atom. The highest BCUT2D eigenvalue weighted by Crippen LogP contribution is 2.40. The second kappa shape index (κ2) is 9.65. The molecule has 6 rings (SSSR count). The van der Waals surface area contributed by atoms with Crippen LogP contribution in [0.2, 0.25) is 0 Å². The maximum atomic E-state index is 12.7. The minimum Gasteiger partial charge on any atom is -0.496 e. The van der Waals surface area contributed by atoms with Gasteiger partial charge in [0.05, 0.1) is 24.1 Å². The van der Waals surface area contributed by atoms with E-state index < -0.39 is 0 Å².